The lowest BCUT2D eigenvalue weighted by molar-refractivity contribution is -0.137. The van der Waals surface area contributed by atoms with Crippen molar-refractivity contribution in [2.45, 2.75) is 12.7 Å². The smallest absolute Gasteiger partial charge is 0.416 e. The van der Waals surface area contributed by atoms with Gasteiger partial charge < -0.3 is 14.5 Å². The number of rotatable bonds is 4. The first-order valence-electron chi connectivity index (χ1n) is 5.98. The molecule has 1 aromatic carbocycles. The summed E-state index contributed by atoms with van der Waals surface area (Å²) < 4.78 is 47.4. The van der Waals surface area contributed by atoms with Crippen LogP contribution in [0.2, 0.25) is 0 Å². The molecule has 7 heteroatoms. The van der Waals surface area contributed by atoms with Gasteiger partial charge in [-0.25, -0.2) is 4.79 Å². The highest BCUT2D eigenvalue weighted by molar-refractivity contribution is 5.86. The molecule has 0 unspecified atom stereocenters. The van der Waals surface area contributed by atoms with Gasteiger partial charge in [-0.1, -0.05) is 6.07 Å². The Labute approximate surface area is 118 Å². The summed E-state index contributed by atoms with van der Waals surface area (Å²) in [6, 6.07) is 7.81. The minimum Gasteiger partial charge on any atom is -0.463 e. The first-order chi connectivity index (χ1) is 9.90. The van der Waals surface area contributed by atoms with E-state index in [1.54, 1.807) is 6.07 Å². The van der Waals surface area contributed by atoms with Crippen LogP contribution >= 0.6 is 0 Å². The maximum absolute atomic E-state index is 12.6. The van der Waals surface area contributed by atoms with Gasteiger partial charge in [-0.2, -0.15) is 13.2 Å². The molecule has 112 valence electrons. The number of furan rings is 1. The molecular weight excluding hydrogens is 287 g/mol. The molecule has 2 aromatic rings. The monoisotopic (exact) mass is 299 g/mol. The number of hydrogen-bond acceptors (Lipinski definition) is 4. The van der Waals surface area contributed by atoms with Gasteiger partial charge in [0.1, 0.15) is 5.76 Å². The van der Waals surface area contributed by atoms with E-state index < -0.39 is 17.7 Å². The van der Waals surface area contributed by atoms with Crippen LogP contribution in [-0.4, -0.2) is 13.1 Å². The van der Waals surface area contributed by atoms with E-state index in [9.17, 15) is 18.0 Å². The average molecular weight is 299 g/mol. The van der Waals surface area contributed by atoms with Gasteiger partial charge in [-0.3, -0.25) is 0 Å². The Kier molecular flexibility index (Phi) is 4.21. The fraction of sp³-hybridized carbons (Fsp3) is 0.214. The summed E-state index contributed by atoms with van der Waals surface area (Å²) in [5, 5.41) is 2.80. The van der Waals surface area contributed by atoms with Crippen molar-refractivity contribution >= 4 is 11.7 Å². The van der Waals surface area contributed by atoms with Crippen LogP contribution in [0.4, 0.5) is 18.9 Å². The summed E-state index contributed by atoms with van der Waals surface area (Å²) >= 11 is 0. The summed E-state index contributed by atoms with van der Waals surface area (Å²) in [6.07, 6.45) is -4.39. The van der Waals surface area contributed by atoms with E-state index in [1.807, 2.05) is 0 Å². The van der Waals surface area contributed by atoms with E-state index in [-0.39, 0.29) is 12.3 Å². The second-order valence-corrected chi connectivity index (χ2v) is 4.19. The van der Waals surface area contributed by atoms with Gasteiger partial charge in [-0.05, 0) is 30.3 Å². The first kappa shape index (κ1) is 15.0. The standard InChI is InChI=1S/C14H12F3NO3/c1-20-13(19)12-6-5-11(21-12)8-18-10-4-2-3-9(7-10)14(15,16)17/h2-7,18H,8H2,1H3. The number of carbonyl (C=O) groups excluding carboxylic acids is 1. The Hall–Kier alpha value is -2.44. The Morgan fingerprint density at radius 2 is 2.05 bits per heavy atom. The van der Waals surface area contributed by atoms with E-state index in [1.165, 1.54) is 25.3 Å². The van der Waals surface area contributed by atoms with E-state index in [2.05, 4.69) is 10.1 Å². The third-order valence-corrected chi connectivity index (χ3v) is 2.70. The minimum atomic E-state index is -4.39. The largest absolute Gasteiger partial charge is 0.463 e. The third kappa shape index (κ3) is 3.77. The molecule has 0 aliphatic carbocycles. The average Bonchev–Trinajstić information content (AvgIpc) is 2.92. The molecule has 0 spiro atoms. The summed E-state index contributed by atoms with van der Waals surface area (Å²) in [5.74, 6) is -0.161. The van der Waals surface area contributed by atoms with Crippen molar-refractivity contribution < 1.29 is 27.1 Å². The molecule has 0 fully saturated rings. The third-order valence-electron chi connectivity index (χ3n) is 2.70. The highest BCUT2D eigenvalue weighted by atomic mass is 19.4. The fourth-order valence-electron chi connectivity index (χ4n) is 1.68. The lowest BCUT2D eigenvalue weighted by Gasteiger charge is -2.09. The minimum absolute atomic E-state index is 0.0401. The zero-order valence-corrected chi connectivity index (χ0v) is 11.0. The zero-order chi connectivity index (χ0) is 15.5. The summed E-state index contributed by atoms with van der Waals surface area (Å²) in [7, 11) is 1.23. The second kappa shape index (κ2) is 5.90. The Bertz CT molecular complexity index is 634. The van der Waals surface area contributed by atoms with Crippen LogP contribution in [0.5, 0.6) is 0 Å². The molecular formula is C14H12F3NO3. The zero-order valence-electron chi connectivity index (χ0n) is 11.0. The molecule has 1 heterocycles. The molecule has 0 radical (unpaired) electrons. The number of hydrogen-bond donors (Lipinski definition) is 1. The van der Waals surface area contributed by atoms with Crippen molar-refractivity contribution in [2.75, 3.05) is 12.4 Å². The summed E-state index contributed by atoms with van der Waals surface area (Å²) in [4.78, 5) is 11.2. The van der Waals surface area contributed by atoms with Crippen molar-refractivity contribution in [2.24, 2.45) is 0 Å². The molecule has 1 aromatic heterocycles. The second-order valence-electron chi connectivity index (χ2n) is 4.19. The van der Waals surface area contributed by atoms with E-state index in [0.717, 1.165) is 12.1 Å². The van der Waals surface area contributed by atoms with E-state index in [0.29, 0.717) is 11.4 Å². The maximum Gasteiger partial charge on any atom is 0.416 e. The van der Waals surface area contributed by atoms with Crippen molar-refractivity contribution in [1.82, 2.24) is 0 Å². The SMILES string of the molecule is COC(=O)c1ccc(CNc2cccc(C(F)(F)F)c2)o1. The number of anilines is 1. The predicted molar refractivity (Wildman–Crippen MR) is 68.8 cm³/mol. The number of ether oxygens (including phenoxy) is 1. The van der Waals surface area contributed by atoms with Crippen LogP contribution in [0.25, 0.3) is 0 Å². The van der Waals surface area contributed by atoms with Gasteiger partial charge in [0, 0.05) is 5.69 Å². The quantitative estimate of drug-likeness (QED) is 0.875. The normalized spacial score (nSPS) is 11.2. The molecule has 1 N–H and O–H groups in total. The molecule has 0 saturated heterocycles. The van der Waals surface area contributed by atoms with Crippen molar-refractivity contribution in [1.29, 1.82) is 0 Å². The number of benzene rings is 1. The number of nitrogens with one attached hydrogen (secondary N) is 1. The van der Waals surface area contributed by atoms with Gasteiger partial charge in [0.2, 0.25) is 5.76 Å². The summed E-state index contributed by atoms with van der Waals surface area (Å²) in [6.45, 7) is 0.151. The Balaban J connectivity index is 2.03. The molecule has 21 heavy (non-hydrogen) atoms. The summed E-state index contributed by atoms with van der Waals surface area (Å²) in [5.41, 5.74) is -0.428. The molecule has 4 nitrogen and oxygen atoms in total. The number of carbonyl (C=O) groups is 1. The van der Waals surface area contributed by atoms with Gasteiger partial charge in [0.15, 0.2) is 0 Å². The van der Waals surface area contributed by atoms with Crippen LogP contribution in [0, 0.1) is 0 Å². The van der Waals surface area contributed by atoms with E-state index >= 15 is 0 Å². The van der Waals surface area contributed by atoms with Crippen LogP contribution in [0.3, 0.4) is 0 Å². The van der Waals surface area contributed by atoms with E-state index in [4.69, 9.17) is 4.42 Å². The van der Waals surface area contributed by atoms with Crippen molar-refractivity contribution in [3.63, 3.8) is 0 Å². The van der Waals surface area contributed by atoms with Gasteiger partial charge >= 0.3 is 12.1 Å². The van der Waals surface area contributed by atoms with Crippen LogP contribution in [-0.2, 0) is 17.5 Å². The Morgan fingerprint density at radius 3 is 2.71 bits per heavy atom. The predicted octanol–water partition coefficient (Wildman–Crippen LogP) is 3.70. The highest BCUT2D eigenvalue weighted by Gasteiger charge is 2.30. The number of halogens is 3. The molecule has 0 aliphatic rings. The van der Waals surface area contributed by atoms with Gasteiger partial charge in [0.25, 0.3) is 0 Å². The van der Waals surface area contributed by atoms with Crippen molar-refractivity contribution in [3.8, 4) is 0 Å². The van der Waals surface area contributed by atoms with Gasteiger partial charge in [0.05, 0.1) is 19.2 Å². The molecule has 0 bridgehead atoms. The van der Waals surface area contributed by atoms with Crippen molar-refractivity contribution in [3.05, 3.63) is 53.5 Å². The van der Waals surface area contributed by atoms with Crippen LogP contribution in [0.1, 0.15) is 21.9 Å². The number of alkyl halides is 3. The Morgan fingerprint density at radius 1 is 1.29 bits per heavy atom. The maximum atomic E-state index is 12.6. The number of methoxy groups -OCH3 is 1. The topological polar surface area (TPSA) is 51.5 Å². The lowest BCUT2D eigenvalue weighted by Crippen LogP contribution is -2.06. The van der Waals surface area contributed by atoms with Crippen LogP contribution < -0.4 is 5.32 Å². The molecule has 0 amide bonds. The van der Waals surface area contributed by atoms with Gasteiger partial charge in [-0.15, -0.1) is 0 Å². The number of esters is 1. The van der Waals surface area contributed by atoms with Crippen LogP contribution in [0.15, 0.2) is 40.8 Å². The molecule has 0 aliphatic heterocycles. The first-order valence-corrected chi connectivity index (χ1v) is 5.98. The fourth-order valence-corrected chi connectivity index (χ4v) is 1.68. The highest BCUT2D eigenvalue weighted by Crippen LogP contribution is 2.30. The molecule has 0 atom stereocenters. The molecule has 0 saturated carbocycles. The molecule has 2 rings (SSSR count). The lowest BCUT2D eigenvalue weighted by atomic mass is 10.2.